The molecule has 1 aliphatic carbocycles. The lowest BCUT2D eigenvalue weighted by molar-refractivity contribution is -0.124. The third-order valence-corrected chi connectivity index (χ3v) is 3.76. The molecule has 1 saturated carbocycles. The van der Waals surface area contributed by atoms with E-state index in [1.807, 2.05) is 13.8 Å². The number of rotatable bonds is 3. The van der Waals surface area contributed by atoms with E-state index in [9.17, 15) is 10.1 Å². The van der Waals surface area contributed by atoms with E-state index in [4.69, 9.17) is 0 Å². The summed E-state index contributed by atoms with van der Waals surface area (Å²) in [4.78, 5) is 12.4. The van der Waals surface area contributed by atoms with Gasteiger partial charge in [-0.25, -0.2) is 4.68 Å². The number of nitrogens with zero attached hydrogens (tertiary/aromatic N) is 3. The highest BCUT2D eigenvalue weighted by atomic mass is 16.2. The summed E-state index contributed by atoms with van der Waals surface area (Å²) in [7, 11) is 0. The summed E-state index contributed by atoms with van der Waals surface area (Å²) in [6, 6.07) is 4.18. The van der Waals surface area contributed by atoms with Crippen molar-refractivity contribution < 1.29 is 4.79 Å². The number of hydrogen-bond acceptors (Lipinski definition) is 3. The first kappa shape index (κ1) is 13.6. The van der Waals surface area contributed by atoms with Crippen LogP contribution >= 0.6 is 0 Å². The summed E-state index contributed by atoms with van der Waals surface area (Å²) in [6.45, 7) is 4.01. The summed E-state index contributed by atoms with van der Waals surface area (Å²) >= 11 is 0. The Balaban J connectivity index is 2.16. The number of nitrogens with one attached hydrogen (secondary N) is 1. The van der Waals surface area contributed by atoms with E-state index in [-0.39, 0.29) is 11.9 Å². The van der Waals surface area contributed by atoms with Gasteiger partial charge in [0.2, 0.25) is 5.91 Å². The van der Waals surface area contributed by atoms with E-state index in [2.05, 4.69) is 16.5 Å². The van der Waals surface area contributed by atoms with Gasteiger partial charge in [-0.2, -0.15) is 10.4 Å². The van der Waals surface area contributed by atoms with Crippen LogP contribution in [0.5, 0.6) is 0 Å². The van der Waals surface area contributed by atoms with Crippen LogP contribution in [0, 0.1) is 16.7 Å². The third kappa shape index (κ3) is 2.62. The highest BCUT2D eigenvalue weighted by Crippen LogP contribution is 2.36. The zero-order valence-corrected chi connectivity index (χ0v) is 11.5. The first-order valence-electron chi connectivity index (χ1n) is 6.85. The fourth-order valence-electron chi connectivity index (χ4n) is 2.61. The van der Waals surface area contributed by atoms with Crippen LogP contribution < -0.4 is 5.32 Å². The van der Waals surface area contributed by atoms with Gasteiger partial charge in [-0.3, -0.25) is 4.79 Å². The molecule has 0 saturated heterocycles. The molecular formula is C14H20N4O. The minimum atomic E-state index is -0.857. The Kier molecular flexibility index (Phi) is 3.89. The maximum atomic E-state index is 12.4. The van der Waals surface area contributed by atoms with Gasteiger partial charge in [0, 0.05) is 12.1 Å². The van der Waals surface area contributed by atoms with Crippen molar-refractivity contribution in [3.63, 3.8) is 0 Å². The molecule has 1 aliphatic rings. The van der Waals surface area contributed by atoms with Gasteiger partial charge in [0.05, 0.1) is 12.3 Å². The highest BCUT2D eigenvalue weighted by molar-refractivity contribution is 5.96. The molecule has 5 heteroatoms. The smallest absolute Gasteiger partial charge is 0.245 e. The van der Waals surface area contributed by atoms with E-state index >= 15 is 0 Å². The molecule has 1 aromatic heterocycles. The lowest BCUT2D eigenvalue weighted by atomic mass is 9.74. The molecule has 1 N–H and O–H groups in total. The minimum Gasteiger partial charge on any atom is -0.310 e. The Labute approximate surface area is 113 Å². The number of hydrogen-bond donors (Lipinski definition) is 1. The second kappa shape index (κ2) is 5.43. The van der Waals surface area contributed by atoms with Gasteiger partial charge in [-0.15, -0.1) is 0 Å². The second-order valence-corrected chi connectivity index (χ2v) is 5.46. The van der Waals surface area contributed by atoms with E-state index in [0.29, 0.717) is 18.7 Å². The zero-order chi connectivity index (χ0) is 13.9. The summed E-state index contributed by atoms with van der Waals surface area (Å²) in [6.07, 6.45) is 5.99. The Morgan fingerprint density at radius 1 is 1.47 bits per heavy atom. The molecule has 0 unspecified atom stereocenters. The zero-order valence-electron chi connectivity index (χ0n) is 11.5. The summed E-state index contributed by atoms with van der Waals surface area (Å²) in [5.74, 6) is 0.484. The van der Waals surface area contributed by atoms with Crippen LogP contribution in [-0.4, -0.2) is 15.7 Å². The monoisotopic (exact) mass is 260 g/mol. The van der Waals surface area contributed by atoms with Gasteiger partial charge < -0.3 is 5.32 Å². The predicted molar refractivity (Wildman–Crippen MR) is 72.4 cm³/mol. The molecule has 102 valence electrons. The molecule has 1 aromatic rings. The largest absolute Gasteiger partial charge is 0.310 e. The summed E-state index contributed by atoms with van der Waals surface area (Å²) in [5.41, 5.74) is -0.857. The Hall–Kier alpha value is -1.83. The average Bonchev–Trinajstić information content (AvgIpc) is 2.87. The number of anilines is 1. The van der Waals surface area contributed by atoms with Crippen molar-refractivity contribution in [3.8, 4) is 6.07 Å². The van der Waals surface area contributed by atoms with Crippen molar-refractivity contribution in [1.29, 1.82) is 5.26 Å². The molecule has 19 heavy (non-hydrogen) atoms. The molecule has 0 aromatic carbocycles. The predicted octanol–water partition coefficient (Wildman–Crippen LogP) is 2.88. The molecule has 0 bridgehead atoms. The first-order valence-corrected chi connectivity index (χ1v) is 6.85. The topological polar surface area (TPSA) is 70.7 Å². The number of aromatic nitrogens is 2. The molecule has 1 fully saturated rings. The molecule has 0 spiro atoms. The summed E-state index contributed by atoms with van der Waals surface area (Å²) in [5, 5.41) is 16.4. The fourth-order valence-corrected chi connectivity index (χ4v) is 2.61. The SMILES string of the molecule is CC(C)n1nccc1NC(=O)C1(C#N)CCCCC1. The Morgan fingerprint density at radius 2 is 2.16 bits per heavy atom. The van der Waals surface area contributed by atoms with E-state index in [0.717, 1.165) is 19.3 Å². The molecule has 2 rings (SSSR count). The van der Waals surface area contributed by atoms with Gasteiger partial charge >= 0.3 is 0 Å². The van der Waals surface area contributed by atoms with Gasteiger partial charge in [-0.1, -0.05) is 19.3 Å². The molecule has 0 aliphatic heterocycles. The number of carbonyl (C=O) groups is 1. The van der Waals surface area contributed by atoms with Crippen molar-refractivity contribution >= 4 is 11.7 Å². The van der Waals surface area contributed by atoms with Crippen molar-refractivity contribution in [1.82, 2.24) is 9.78 Å². The Morgan fingerprint density at radius 3 is 2.74 bits per heavy atom. The lowest BCUT2D eigenvalue weighted by Crippen LogP contribution is -2.37. The number of nitriles is 1. The van der Waals surface area contributed by atoms with Crippen LogP contribution in [0.3, 0.4) is 0 Å². The maximum absolute atomic E-state index is 12.4. The van der Waals surface area contributed by atoms with E-state index in [1.165, 1.54) is 0 Å². The number of carbonyl (C=O) groups excluding carboxylic acids is 1. The third-order valence-electron chi connectivity index (χ3n) is 3.76. The number of amides is 1. The highest BCUT2D eigenvalue weighted by Gasteiger charge is 2.40. The van der Waals surface area contributed by atoms with Crippen LogP contribution in [0.1, 0.15) is 52.0 Å². The van der Waals surface area contributed by atoms with Gasteiger partial charge in [0.1, 0.15) is 11.2 Å². The second-order valence-electron chi connectivity index (χ2n) is 5.46. The van der Waals surface area contributed by atoms with Crippen LogP contribution in [0.4, 0.5) is 5.82 Å². The normalized spacial score (nSPS) is 18.0. The standard InChI is InChI=1S/C14H20N4O/c1-11(2)18-12(6-9-16-18)17-13(19)14(10-15)7-4-3-5-8-14/h6,9,11H,3-5,7-8H2,1-2H3,(H,17,19). The Bertz CT molecular complexity index is 492. The van der Waals surface area contributed by atoms with Crippen LogP contribution in [-0.2, 0) is 4.79 Å². The average molecular weight is 260 g/mol. The van der Waals surface area contributed by atoms with Gasteiger partial charge in [0.25, 0.3) is 0 Å². The van der Waals surface area contributed by atoms with Gasteiger partial charge in [0.15, 0.2) is 0 Å². The molecular weight excluding hydrogens is 240 g/mol. The first-order chi connectivity index (χ1) is 9.09. The van der Waals surface area contributed by atoms with Gasteiger partial charge in [-0.05, 0) is 26.7 Å². The van der Waals surface area contributed by atoms with E-state index in [1.54, 1.807) is 16.9 Å². The summed E-state index contributed by atoms with van der Waals surface area (Å²) < 4.78 is 1.76. The fraction of sp³-hybridized carbons (Fsp3) is 0.643. The maximum Gasteiger partial charge on any atom is 0.245 e. The molecule has 0 atom stereocenters. The lowest BCUT2D eigenvalue weighted by Gasteiger charge is -2.29. The molecule has 1 heterocycles. The molecule has 5 nitrogen and oxygen atoms in total. The van der Waals surface area contributed by atoms with Crippen molar-refractivity contribution in [2.24, 2.45) is 5.41 Å². The molecule has 1 amide bonds. The van der Waals surface area contributed by atoms with E-state index < -0.39 is 5.41 Å². The van der Waals surface area contributed by atoms with Crippen molar-refractivity contribution in [2.75, 3.05) is 5.32 Å². The van der Waals surface area contributed by atoms with Crippen LogP contribution in [0.15, 0.2) is 12.3 Å². The van der Waals surface area contributed by atoms with Crippen molar-refractivity contribution in [3.05, 3.63) is 12.3 Å². The quantitative estimate of drug-likeness (QED) is 0.908. The molecule has 0 radical (unpaired) electrons. The van der Waals surface area contributed by atoms with Crippen molar-refractivity contribution in [2.45, 2.75) is 52.0 Å². The van der Waals surface area contributed by atoms with Crippen LogP contribution in [0.25, 0.3) is 0 Å². The van der Waals surface area contributed by atoms with Crippen LogP contribution in [0.2, 0.25) is 0 Å². The minimum absolute atomic E-state index is 0.176.